The van der Waals surface area contributed by atoms with Gasteiger partial charge in [-0.15, -0.1) is 0 Å². The second-order valence-electron chi connectivity index (χ2n) is 4.85. The highest BCUT2D eigenvalue weighted by Crippen LogP contribution is 2.44. The molecule has 2 nitrogen and oxygen atoms in total. The predicted molar refractivity (Wildman–Crippen MR) is 71.4 cm³/mol. The van der Waals surface area contributed by atoms with E-state index in [2.05, 4.69) is 12.1 Å². The summed E-state index contributed by atoms with van der Waals surface area (Å²) in [6.07, 6.45) is -1.68. The van der Waals surface area contributed by atoms with Crippen LogP contribution in [0.1, 0.15) is 23.3 Å². The Morgan fingerprint density at radius 3 is 1.50 bits per heavy atom. The maximum atomic E-state index is 10.2. The van der Waals surface area contributed by atoms with E-state index in [1.54, 1.807) is 0 Å². The van der Waals surface area contributed by atoms with Gasteiger partial charge in [-0.1, -0.05) is 48.5 Å². The van der Waals surface area contributed by atoms with Crippen LogP contribution in [0.2, 0.25) is 0 Å². The third-order valence-corrected chi connectivity index (χ3v) is 3.89. The topological polar surface area (TPSA) is 40.5 Å². The lowest BCUT2D eigenvalue weighted by molar-refractivity contribution is 0.0178. The molecule has 0 unspecified atom stereocenters. The van der Waals surface area contributed by atoms with Crippen molar-refractivity contribution in [1.29, 1.82) is 0 Å². The van der Waals surface area contributed by atoms with Crippen molar-refractivity contribution in [2.75, 3.05) is 0 Å². The zero-order valence-electron chi connectivity index (χ0n) is 9.67. The van der Waals surface area contributed by atoms with Crippen molar-refractivity contribution in [3.05, 3.63) is 59.7 Å². The molecule has 0 amide bonds. The zero-order valence-corrected chi connectivity index (χ0v) is 9.67. The molecule has 0 saturated carbocycles. The van der Waals surface area contributed by atoms with Crippen molar-refractivity contribution in [1.82, 2.24) is 0 Å². The Morgan fingerprint density at radius 2 is 1.06 bits per heavy atom. The molecule has 0 bridgehead atoms. The van der Waals surface area contributed by atoms with Gasteiger partial charge in [0, 0.05) is 0 Å². The van der Waals surface area contributed by atoms with Gasteiger partial charge < -0.3 is 10.2 Å². The van der Waals surface area contributed by atoms with Crippen LogP contribution in [0.25, 0.3) is 21.5 Å². The van der Waals surface area contributed by atoms with E-state index >= 15 is 0 Å². The van der Waals surface area contributed by atoms with Crippen LogP contribution in [0.15, 0.2) is 48.5 Å². The number of rotatable bonds is 0. The van der Waals surface area contributed by atoms with Gasteiger partial charge in [-0.05, 0) is 32.7 Å². The van der Waals surface area contributed by atoms with Gasteiger partial charge in [0.25, 0.3) is 0 Å². The summed E-state index contributed by atoms with van der Waals surface area (Å²) >= 11 is 0. The van der Waals surface area contributed by atoms with Gasteiger partial charge in [-0.2, -0.15) is 0 Å². The summed E-state index contributed by atoms with van der Waals surface area (Å²) in [6, 6.07) is 15.8. The highest BCUT2D eigenvalue weighted by molar-refractivity contribution is 6.12. The second-order valence-corrected chi connectivity index (χ2v) is 4.85. The maximum Gasteiger partial charge on any atom is 0.110 e. The first kappa shape index (κ1) is 10.1. The fraction of sp³-hybridized carbons (Fsp3) is 0.125. The van der Waals surface area contributed by atoms with E-state index in [0.717, 1.165) is 32.7 Å². The number of benzene rings is 3. The third kappa shape index (κ3) is 1.09. The molecular weight excluding hydrogens is 224 g/mol. The van der Waals surface area contributed by atoms with E-state index in [1.165, 1.54) is 0 Å². The minimum absolute atomic E-state index is 0.823. The van der Waals surface area contributed by atoms with Crippen LogP contribution < -0.4 is 0 Å². The monoisotopic (exact) mass is 236 g/mol. The lowest BCUT2D eigenvalue weighted by atomic mass is 9.83. The van der Waals surface area contributed by atoms with Crippen molar-refractivity contribution in [3.63, 3.8) is 0 Å². The molecule has 0 heterocycles. The van der Waals surface area contributed by atoms with E-state index in [1.807, 2.05) is 36.4 Å². The van der Waals surface area contributed by atoms with Gasteiger partial charge in [-0.25, -0.2) is 0 Å². The van der Waals surface area contributed by atoms with Crippen molar-refractivity contribution >= 4 is 21.5 Å². The summed E-state index contributed by atoms with van der Waals surface area (Å²) in [5.74, 6) is 0. The minimum Gasteiger partial charge on any atom is -0.385 e. The molecule has 0 aromatic heterocycles. The SMILES string of the molecule is O[C@H]1c2cccc3ccc4cccc(c4c23)[C@@H]1O. The van der Waals surface area contributed by atoms with Crippen LogP contribution in [-0.2, 0) is 0 Å². The largest absolute Gasteiger partial charge is 0.385 e. The molecule has 2 N–H and O–H groups in total. The van der Waals surface area contributed by atoms with Gasteiger partial charge in [0.05, 0.1) is 0 Å². The first-order valence-electron chi connectivity index (χ1n) is 6.08. The molecule has 0 saturated heterocycles. The first-order valence-corrected chi connectivity index (χ1v) is 6.08. The van der Waals surface area contributed by atoms with Crippen LogP contribution in [0, 0.1) is 0 Å². The van der Waals surface area contributed by atoms with Crippen molar-refractivity contribution in [2.45, 2.75) is 12.2 Å². The maximum absolute atomic E-state index is 10.2. The molecule has 18 heavy (non-hydrogen) atoms. The Kier molecular flexibility index (Phi) is 1.85. The Balaban J connectivity index is 2.36. The average Bonchev–Trinajstić information content (AvgIpc) is 2.43. The lowest BCUT2D eigenvalue weighted by Crippen LogP contribution is -2.15. The normalized spacial score (nSPS) is 21.9. The molecule has 2 heteroatoms. The fourth-order valence-corrected chi connectivity index (χ4v) is 3.05. The van der Waals surface area contributed by atoms with Crippen LogP contribution >= 0.6 is 0 Å². The zero-order chi connectivity index (χ0) is 12.3. The summed E-state index contributed by atoms with van der Waals surface area (Å²) in [7, 11) is 0. The quantitative estimate of drug-likeness (QED) is 0.589. The molecule has 0 spiro atoms. The Bertz CT molecular complexity index is 710. The van der Waals surface area contributed by atoms with Crippen LogP contribution in [-0.4, -0.2) is 10.2 Å². The number of hydrogen-bond acceptors (Lipinski definition) is 2. The molecule has 0 fully saturated rings. The van der Waals surface area contributed by atoms with E-state index in [0.29, 0.717) is 0 Å². The van der Waals surface area contributed by atoms with Gasteiger partial charge in [0.1, 0.15) is 12.2 Å². The third-order valence-electron chi connectivity index (χ3n) is 3.89. The van der Waals surface area contributed by atoms with Gasteiger partial charge in [0.2, 0.25) is 0 Å². The second kappa shape index (κ2) is 3.31. The molecule has 2 atom stereocenters. The van der Waals surface area contributed by atoms with E-state index in [4.69, 9.17) is 0 Å². The molecule has 1 aliphatic carbocycles. The first-order chi connectivity index (χ1) is 8.77. The Morgan fingerprint density at radius 1 is 0.611 bits per heavy atom. The standard InChI is InChI=1S/C16H12O2/c17-15-11-5-1-3-9-7-8-10-4-2-6-12(16(15)18)14(10)13(9)11/h1-8,15-18H/t15-,16-/m0/s1. The average molecular weight is 236 g/mol. The van der Waals surface area contributed by atoms with Crippen molar-refractivity contribution in [2.24, 2.45) is 0 Å². The Hall–Kier alpha value is -1.90. The van der Waals surface area contributed by atoms with E-state index in [9.17, 15) is 10.2 Å². The number of hydrogen-bond donors (Lipinski definition) is 2. The van der Waals surface area contributed by atoms with Crippen LogP contribution in [0.4, 0.5) is 0 Å². The number of aliphatic hydroxyl groups excluding tert-OH is 2. The summed E-state index contributed by atoms with van der Waals surface area (Å²) in [5.41, 5.74) is 1.65. The highest BCUT2D eigenvalue weighted by atomic mass is 16.3. The summed E-state index contributed by atoms with van der Waals surface area (Å²) in [4.78, 5) is 0. The van der Waals surface area contributed by atoms with E-state index < -0.39 is 12.2 Å². The van der Waals surface area contributed by atoms with Gasteiger partial charge in [0.15, 0.2) is 0 Å². The molecule has 4 rings (SSSR count). The van der Waals surface area contributed by atoms with Crippen molar-refractivity contribution < 1.29 is 10.2 Å². The summed E-state index contributed by atoms with van der Waals surface area (Å²) in [6.45, 7) is 0. The number of aliphatic hydroxyl groups is 2. The smallest absolute Gasteiger partial charge is 0.110 e. The molecule has 0 radical (unpaired) electrons. The molecule has 3 aromatic rings. The lowest BCUT2D eigenvalue weighted by Gasteiger charge is -2.27. The molecule has 1 aliphatic rings. The predicted octanol–water partition coefficient (Wildman–Crippen LogP) is 3.07. The van der Waals surface area contributed by atoms with Gasteiger partial charge in [-0.3, -0.25) is 0 Å². The van der Waals surface area contributed by atoms with E-state index in [-0.39, 0.29) is 0 Å². The molecular formula is C16H12O2. The summed E-state index contributed by atoms with van der Waals surface area (Å²) in [5, 5.41) is 24.8. The van der Waals surface area contributed by atoms with Crippen LogP contribution in [0.3, 0.4) is 0 Å². The van der Waals surface area contributed by atoms with Crippen LogP contribution in [0.5, 0.6) is 0 Å². The minimum atomic E-state index is -0.839. The Labute approximate surface area is 104 Å². The van der Waals surface area contributed by atoms with Gasteiger partial charge >= 0.3 is 0 Å². The summed E-state index contributed by atoms with van der Waals surface area (Å²) < 4.78 is 0. The fourth-order valence-electron chi connectivity index (χ4n) is 3.05. The molecule has 88 valence electrons. The molecule has 3 aromatic carbocycles. The van der Waals surface area contributed by atoms with Crippen molar-refractivity contribution in [3.8, 4) is 0 Å². The molecule has 0 aliphatic heterocycles. The highest BCUT2D eigenvalue weighted by Gasteiger charge is 2.29.